The minimum atomic E-state index is -1.04. The molecule has 1 aromatic carbocycles. The molecule has 0 saturated heterocycles. The van der Waals surface area contributed by atoms with E-state index in [0.29, 0.717) is 18.0 Å². The first-order valence-corrected chi connectivity index (χ1v) is 6.84. The molecule has 0 atom stereocenters. The lowest BCUT2D eigenvalue weighted by Crippen LogP contribution is -2.23. The Kier molecular flexibility index (Phi) is 5.13. The number of aromatic amines is 1. The molecule has 0 saturated carbocycles. The van der Waals surface area contributed by atoms with Crippen LogP contribution in [0.15, 0.2) is 30.3 Å². The average molecular weight is 303 g/mol. The van der Waals surface area contributed by atoms with Crippen LogP contribution in [0.5, 0.6) is 5.75 Å². The molecule has 0 fully saturated rings. The summed E-state index contributed by atoms with van der Waals surface area (Å²) in [6.07, 6.45) is 0.781. The molecule has 3 N–H and O–H groups in total. The van der Waals surface area contributed by atoms with Gasteiger partial charge in [-0.05, 0) is 30.2 Å². The van der Waals surface area contributed by atoms with E-state index in [-0.39, 0.29) is 5.91 Å². The number of rotatable bonds is 7. The number of aliphatic carboxylic acids is 1. The lowest BCUT2D eigenvalue weighted by Gasteiger charge is -2.07. The van der Waals surface area contributed by atoms with Crippen LogP contribution in [0.1, 0.15) is 28.7 Å². The molecule has 1 amide bonds. The number of nitrogens with zero attached hydrogens (tertiary/aromatic N) is 1. The van der Waals surface area contributed by atoms with Crippen molar-refractivity contribution in [2.24, 2.45) is 0 Å². The van der Waals surface area contributed by atoms with Gasteiger partial charge in [0.15, 0.2) is 6.61 Å². The van der Waals surface area contributed by atoms with Gasteiger partial charge in [-0.1, -0.05) is 19.1 Å². The van der Waals surface area contributed by atoms with E-state index in [1.54, 1.807) is 24.3 Å². The van der Waals surface area contributed by atoms with E-state index in [9.17, 15) is 9.59 Å². The summed E-state index contributed by atoms with van der Waals surface area (Å²) in [6.45, 7) is 1.87. The highest BCUT2D eigenvalue weighted by Crippen LogP contribution is 2.13. The minimum Gasteiger partial charge on any atom is -0.482 e. The maximum Gasteiger partial charge on any atom is 0.341 e. The van der Waals surface area contributed by atoms with Crippen LogP contribution in [0.25, 0.3) is 0 Å². The van der Waals surface area contributed by atoms with Crippen LogP contribution in [-0.4, -0.2) is 33.8 Å². The van der Waals surface area contributed by atoms with E-state index in [1.807, 2.05) is 13.0 Å². The number of ether oxygens (including phenoxy) is 1. The highest BCUT2D eigenvalue weighted by molar-refractivity contribution is 5.92. The largest absolute Gasteiger partial charge is 0.482 e. The molecule has 7 heteroatoms. The van der Waals surface area contributed by atoms with Gasteiger partial charge < -0.3 is 15.2 Å². The van der Waals surface area contributed by atoms with Crippen molar-refractivity contribution in [2.45, 2.75) is 19.9 Å². The van der Waals surface area contributed by atoms with Gasteiger partial charge >= 0.3 is 5.97 Å². The number of carbonyl (C=O) groups excluding carboxylic acids is 1. The van der Waals surface area contributed by atoms with Crippen molar-refractivity contribution in [3.8, 4) is 5.75 Å². The maximum absolute atomic E-state index is 11.9. The number of aryl methyl sites for hydroxylation is 1. The molecule has 0 aliphatic carbocycles. The van der Waals surface area contributed by atoms with E-state index in [0.717, 1.165) is 17.7 Å². The molecule has 0 aliphatic heterocycles. The van der Waals surface area contributed by atoms with Gasteiger partial charge in [-0.15, -0.1) is 0 Å². The first-order chi connectivity index (χ1) is 10.6. The Morgan fingerprint density at radius 1 is 1.36 bits per heavy atom. The highest BCUT2D eigenvalue weighted by Gasteiger charge is 2.09. The summed E-state index contributed by atoms with van der Waals surface area (Å²) in [5.74, 6) is -0.862. The zero-order valence-corrected chi connectivity index (χ0v) is 12.1. The molecule has 2 aromatic rings. The number of carboxylic acid groups (broad SMARTS) is 1. The van der Waals surface area contributed by atoms with Gasteiger partial charge in [0, 0.05) is 12.2 Å². The summed E-state index contributed by atoms with van der Waals surface area (Å²) < 4.78 is 5.09. The Hall–Kier alpha value is -2.83. The fourth-order valence-corrected chi connectivity index (χ4v) is 1.82. The molecule has 22 heavy (non-hydrogen) atoms. The third-order valence-electron chi connectivity index (χ3n) is 2.96. The van der Waals surface area contributed by atoms with Crippen molar-refractivity contribution in [3.05, 3.63) is 47.3 Å². The molecule has 116 valence electrons. The number of hydrogen-bond acceptors (Lipinski definition) is 4. The van der Waals surface area contributed by atoms with Gasteiger partial charge in [0.05, 0.1) is 0 Å². The number of aromatic nitrogens is 2. The molecular formula is C15H17N3O4. The number of amides is 1. The number of nitrogens with one attached hydrogen (secondary N) is 2. The SMILES string of the molecule is CCc1cc(C(=O)NCc2cccc(OCC(=O)O)c2)n[nH]1. The third kappa shape index (κ3) is 4.34. The van der Waals surface area contributed by atoms with Crippen LogP contribution < -0.4 is 10.1 Å². The summed E-state index contributed by atoms with van der Waals surface area (Å²) in [6, 6.07) is 8.61. The topological polar surface area (TPSA) is 104 Å². The van der Waals surface area contributed by atoms with E-state index in [4.69, 9.17) is 9.84 Å². The molecule has 7 nitrogen and oxygen atoms in total. The van der Waals surface area contributed by atoms with Gasteiger partial charge in [-0.2, -0.15) is 5.10 Å². The molecule has 1 aromatic heterocycles. The third-order valence-corrected chi connectivity index (χ3v) is 2.96. The molecular weight excluding hydrogens is 286 g/mol. The summed E-state index contributed by atoms with van der Waals surface area (Å²) in [5, 5.41) is 18.1. The van der Waals surface area contributed by atoms with Crippen molar-refractivity contribution in [1.82, 2.24) is 15.5 Å². The van der Waals surface area contributed by atoms with E-state index in [2.05, 4.69) is 15.5 Å². The highest BCUT2D eigenvalue weighted by atomic mass is 16.5. The van der Waals surface area contributed by atoms with E-state index in [1.165, 1.54) is 0 Å². The predicted octanol–water partition coefficient (Wildman–Crippen LogP) is 1.37. The van der Waals surface area contributed by atoms with Crippen LogP contribution in [-0.2, 0) is 17.8 Å². The van der Waals surface area contributed by atoms with Gasteiger partial charge in [-0.3, -0.25) is 9.89 Å². The summed E-state index contributed by atoms with van der Waals surface area (Å²) in [4.78, 5) is 22.4. The van der Waals surface area contributed by atoms with Gasteiger partial charge in [-0.25, -0.2) is 4.79 Å². The fourth-order valence-electron chi connectivity index (χ4n) is 1.82. The van der Waals surface area contributed by atoms with Crippen molar-refractivity contribution in [2.75, 3.05) is 6.61 Å². The van der Waals surface area contributed by atoms with Gasteiger partial charge in [0.2, 0.25) is 0 Å². The maximum atomic E-state index is 11.9. The smallest absolute Gasteiger partial charge is 0.341 e. The minimum absolute atomic E-state index is 0.271. The van der Waals surface area contributed by atoms with Crippen LogP contribution in [0.2, 0.25) is 0 Å². The number of benzene rings is 1. The zero-order chi connectivity index (χ0) is 15.9. The number of carbonyl (C=O) groups is 2. The first kappa shape index (κ1) is 15.6. The summed E-state index contributed by atoms with van der Waals surface area (Å²) in [5.41, 5.74) is 2.05. The fraction of sp³-hybridized carbons (Fsp3) is 0.267. The molecule has 0 unspecified atom stereocenters. The van der Waals surface area contributed by atoms with Crippen LogP contribution in [0.3, 0.4) is 0 Å². The van der Waals surface area contributed by atoms with Crippen molar-refractivity contribution in [1.29, 1.82) is 0 Å². The van der Waals surface area contributed by atoms with Crippen LogP contribution in [0, 0.1) is 0 Å². The summed E-state index contributed by atoms with van der Waals surface area (Å²) >= 11 is 0. The first-order valence-electron chi connectivity index (χ1n) is 6.84. The second-order valence-electron chi connectivity index (χ2n) is 4.64. The molecule has 0 bridgehead atoms. The van der Waals surface area contributed by atoms with E-state index < -0.39 is 12.6 Å². The Labute approximate surface area is 127 Å². The zero-order valence-electron chi connectivity index (χ0n) is 12.1. The predicted molar refractivity (Wildman–Crippen MR) is 78.7 cm³/mol. The molecule has 0 spiro atoms. The standard InChI is InChI=1S/C15H17N3O4/c1-2-11-7-13(18-17-11)15(21)16-8-10-4-3-5-12(6-10)22-9-14(19)20/h3-7H,2,8-9H2,1H3,(H,16,21)(H,17,18)(H,19,20). The number of hydrogen-bond donors (Lipinski definition) is 3. The van der Waals surface area contributed by atoms with Crippen molar-refractivity contribution >= 4 is 11.9 Å². The molecule has 1 heterocycles. The number of carboxylic acids is 1. The van der Waals surface area contributed by atoms with Crippen LogP contribution >= 0.6 is 0 Å². The van der Waals surface area contributed by atoms with Gasteiger partial charge in [0.1, 0.15) is 11.4 Å². The van der Waals surface area contributed by atoms with Gasteiger partial charge in [0.25, 0.3) is 5.91 Å². The Morgan fingerprint density at radius 3 is 2.86 bits per heavy atom. The molecule has 0 aliphatic rings. The van der Waals surface area contributed by atoms with Crippen LogP contribution in [0.4, 0.5) is 0 Å². The second-order valence-corrected chi connectivity index (χ2v) is 4.64. The molecule has 2 rings (SSSR count). The monoisotopic (exact) mass is 303 g/mol. The quantitative estimate of drug-likeness (QED) is 0.716. The lowest BCUT2D eigenvalue weighted by atomic mass is 10.2. The van der Waals surface area contributed by atoms with E-state index >= 15 is 0 Å². The van der Waals surface area contributed by atoms with Crippen molar-refractivity contribution < 1.29 is 19.4 Å². The average Bonchev–Trinajstić information content (AvgIpc) is 3.00. The number of H-pyrrole nitrogens is 1. The normalized spacial score (nSPS) is 10.2. The lowest BCUT2D eigenvalue weighted by molar-refractivity contribution is -0.139. The second kappa shape index (κ2) is 7.26. The molecule has 0 radical (unpaired) electrons. The van der Waals surface area contributed by atoms with Crippen molar-refractivity contribution in [3.63, 3.8) is 0 Å². The Morgan fingerprint density at radius 2 is 2.18 bits per heavy atom. The Balaban J connectivity index is 1.92. The Bertz CT molecular complexity index is 666. The summed E-state index contributed by atoms with van der Waals surface area (Å²) in [7, 11) is 0.